The molecular weight excluding hydrogens is 454 g/mol. The predicted molar refractivity (Wildman–Crippen MR) is 134 cm³/mol. The average Bonchev–Trinajstić information content (AvgIpc) is 2.80. The van der Waals surface area contributed by atoms with Crippen LogP contribution in [0.15, 0.2) is 48.5 Å². The van der Waals surface area contributed by atoms with Gasteiger partial charge in [-0.3, -0.25) is 13.9 Å². The molecule has 0 aliphatic rings. The van der Waals surface area contributed by atoms with Crippen molar-refractivity contribution in [2.45, 2.75) is 46.2 Å². The second-order valence-electron chi connectivity index (χ2n) is 8.42. The number of anilines is 1. The molecule has 2 rings (SSSR count). The van der Waals surface area contributed by atoms with Gasteiger partial charge in [0.25, 0.3) is 0 Å². The van der Waals surface area contributed by atoms with Crippen LogP contribution in [0.25, 0.3) is 0 Å². The van der Waals surface area contributed by atoms with Crippen molar-refractivity contribution in [3.05, 3.63) is 59.7 Å². The summed E-state index contributed by atoms with van der Waals surface area (Å²) in [5, 5.41) is 2.74. The second-order valence-corrected chi connectivity index (χ2v) is 10.3. The van der Waals surface area contributed by atoms with E-state index in [-0.39, 0.29) is 18.4 Å². The molecule has 0 spiro atoms. The Balaban J connectivity index is 2.43. The van der Waals surface area contributed by atoms with Crippen LogP contribution in [0, 0.1) is 0 Å². The topological polar surface area (TPSA) is 96.0 Å². The van der Waals surface area contributed by atoms with E-state index in [4.69, 9.17) is 4.74 Å². The Hall–Kier alpha value is -3.07. The van der Waals surface area contributed by atoms with Crippen LogP contribution >= 0.6 is 0 Å². The Morgan fingerprint density at radius 3 is 2.18 bits per heavy atom. The fraction of sp³-hybridized carbons (Fsp3) is 0.440. The van der Waals surface area contributed by atoms with Gasteiger partial charge in [0.1, 0.15) is 18.3 Å². The van der Waals surface area contributed by atoms with Crippen molar-refractivity contribution >= 4 is 27.5 Å². The van der Waals surface area contributed by atoms with Gasteiger partial charge in [-0.25, -0.2) is 8.42 Å². The molecule has 2 aromatic carbocycles. The largest absolute Gasteiger partial charge is 0.497 e. The summed E-state index contributed by atoms with van der Waals surface area (Å²) in [6.45, 7) is 7.52. The van der Waals surface area contributed by atoms with Gasteiger partial charge in [0.05, 0.1) is 19.1 Å². The molecule has 0 heterocycles. The SMILES string of the molecule is CCNC(=O)[C@@H](C)N(Cc1ccc(OC)cc1)C(=O)CN(c1ccccc1C(C)C)S(C)(=O)=O. The highest BCUT2D eigenvalue weighted by Crippen LogP contribution is 2.29. The number of methoxy groups -OCH3 is 1. The molecule has 8 nitrogen and oxygen atoms in total. The van der Waals surface area contributed by atoms with Crippen molar-refractivity contribution in [1.29, 1.82) is 0 Å². The lowest BCUT2D eigenvalue weighted by molar-refractivity contribution is -0.139. The number of hydrogen-bond donors (Lipinski definition) is 1. The molecule has 1 N–H and O–H groups in total. The van der Waals surface area contributed by atoms with E-state index in [1.54, 1.807) is 45.2 Å². The highest BCUT2D eigenvalue weighted by Gasteiger charge is 2.30. The summed E-state index contributed by atoms with van der Waals surface area (Å²) in [4.78, 5) is 27.6. The summed E-state index contributed by atoms with van der Waals surface area (Å²) in [6.07, 6.45) is 1.08. The van der Waals surface area contributed by atoms with Gasteiger partial charge in [0.2, 0.25) is 21.8 Å². The number of nitrogens with one attached hydrogen (secondary N) is 1. The maximum Gasteiger partial charge on any atom is 0.244 e. The number of amides is 2. The van der Waals surface area contributed by atoms with E-state index in [0.29, 0.717) is 18.0 Å². The average molecular weight is 490 g/mol. The van der Waals surface area contributed by atoms with Crippen LogP contribution in [0.2, 0.25) is 0 Å². The summed E-state index contributed by atoms with van der Waals surface area (Å²) in [5.41, 5.74) is 2.07. The lowest BCUT2D eigenvalue weighted by atomic mass is 10.0. The molecule has 34 heavy (non-hydrogen) atoms. The zero-order valence-electron chi connectivity index (χ0n) is 20.7. The van der Waals surface area contributed by atoms with Gasteiger partial charge in [-0.2, -0.15) is 0 Å². The number of sulfonamides is 1. The van der Waals surface area contributed by atoms with E-state index in [0.717, 1.165) is 21.7 Å². The van der Waals surface area contributed by atoms with Crippen molar-refractivity contribution in [2.75, 3.05) is 30.8 Å². The molecule has 0 saturated carbocycles. The summed E-state index contributed by atoms with van der Waals surface area (Å²) in [5.74, 6) is -0.0523. The normalized spacial score (nSPS) is 12.2. The smallest absolute Gasteiger partial charge is 0.244 e. The zero-order chi connectivity index (χ0) is 25.5. The minimum absolute atomic E-state index is 0.0557. The van der Waals surface area contributed by atoms with Crippen LogP contribution in [-0.4, -0.2) is 57.6 Å². The minimum atomic E-state index is -3.77. The number of rotatable bonds is 11. The lowest BCUT2D eigenvalue weighted by Crippen LogP contribution is -2.51. The van der Waals surface area contributed by atoms with Crippen molar-refractivity contribution in [3.8, 4) is 5.75 Å². The third-order valence-corrected chi connectivity index (χ3v) is 6.66. The molecule has 0 fully saturated rings. The molecule has 0 aliphatic heterocycles. The number of para-hydroxylation sites is 1. The molecule has 0 bridgehead atoms. The summed E-state index contributed by atoms with van der Waals surface area (Å²) in [6, 6.07) is 13.5. The van der Waals surface area contributed by atoms with Crippen LogP contribution in [0.3, 0.4) is 0 Å². The van der Waals surface area contributed by atoms with Gasteiger partial charge in [-0.05, 0) is 49.1 Å². The quantitative estimate of drug-likeness (QED) is 0.523. The predicted octanol–water partition coefficient (Wildman–Crippen LogP) is 3.14. The number of likely N-dealkylation sites (N-methyl/N-ethyl adjacent to an activating group) is 1. The first-order valence-corrected chi connectivity index (χ1v) is 13.1. The molecule has 0 unspecified atom stereocenters. The Labute approximate surface area is 202 Å². The van der Waals surface area contributed by atoms with Crippen LogP contribution < -0.4 is 14.4 Å². The first-order chi connectivity index (χ1) is 16.0. The van der Waals surface area contributed by atoms with E-state index in [2.05, 4.69) is 5.32 Å². The van der Waals surface area contributed by atoms with Gasteiger partial charge < -0.3 is 15.0 Å². The van der Waals surface area contributed by atoms with E-state index >= 15 is 0 Å². The minimum Gasteiger partial charge on any atom is -0.497 e. The summed E-state index contributed by atoms with van der Waals surface area (Å²) < 4.78 is 31.8. The van der Waals surface area contributed by atoms with Crippen LogP contribution in [0.5, 0.6) is 5.75 Å². The zero-order valence-corrected chi connectivity index (χ0v) is 21.6. The molecule has 2 aromatic rings. The standard InChI is InChI=1S/C25H35N3O5S/c1-7-26-25(30)19(4)27(16-20-12-14-21(33-5)15-13-20)24(29)17-28(34(6,31)32)23-11-9-8-10-22(23)18(2)3/h8-15,18-19H,7,16-17H2,1-6H3,(H,26,30)/t19-/m1/s1. The maximum atomic E-state index is 13.5. The number of benzene rings is 2. The number of ether oxygens (including phenoxy) is 1. The number of carbonyl (C=O) groups is 2. The van der Waals surface area contributed by atoms with Gasteiger partial charge in [-0.1, -0.05) is 44.2 Å². The van der Waals surface area contributed by atoms with Gasteiger partial charge in [-0.15, -0.1) is 0 Å². The van der Waals surface area contributed by atoms with Crippen molar-refractivity contribution in [1.82, 2.24) is 10.2 Å². The Morgan fingerprint density at radius 1 is 1.03 bits per heavy atom. The summed E-state index contributed by atoms with van der Waals surface area (Å²) >= 11 is 0. The molecule has 0 aromatic heterocycles. The highest BCUT2D eigenvalue weighted by molar-refractivity contribution is 7.92. The van der Waals surface area contributed by atoms with Crippen molar-refractivity contribution < 1.29 is 22.7 Å². The molecule has 9 heteroatoms. The fourth-order valence-electron chi connectivity index (χ4n) is 3.63. The third-order valence-electron chi connectivity index (χ3n) is 5.54. The van der Waals surface area contributed by atoms with Gasteiger partial charge >= 0.3 is 0 Å². The fourth-order valence-corrected chi connectivity index (χ4v) is 4.50. The first kappa shape index (κ1) is 27.2. The molecular formula is C25H35N3O5S. The van der Waals surface area contributed by atoms with Gasteiger partial charge in [0.15, 0.2) is 0 Å². The molecule has 0 saturated heterocycles. The monoisotopic (exact) mass is 489 g/mol. The highest BCUT2D eigenvalue weighted by atomic mass is 32.2. The van der Waals surface area contributed by atoms with Gasteiger partial charge in [0, 0.05) is 13.1 Å². The molecule has 0 radical (unpaired) electrons. The van der Waals surface area contributed by atoms with E-state index in [1.807, 2.05) is 38.1 Å². The Morgan fingerprint density at radius 2 is 1.65 bits per heavy atom. The molecule has 0 aliphatic carbocycles. The molecule has 2 amide bonds. The molecule has 186 valence electrons. The summed E-state index contributed by atoms with van der Waals surface area (Å²) in [7, 11) is -2.21. The Bertz CT molecular complexity index is 1080. The lowest BCUT2D eigenvalue weighted by Gasteiger charge is -2.32. The third kappa shape index (κ3) is 6.96. The van der Waals surface area contributed by atoms with Crippen molar-refractivity contribution in [2.24, 2.45) is 0 Å². The molecule has 1 atom stereocenters. The number of nitrogens with zero attached hydrogens (tertiary/aromatic N) is 2. The Kier molecular flexibility index (Phi) is 9.49. The number of carbonyl (C=O) groups excluding carboxylic acids is 2. The van der Waals surface area contributed by atoms with E-state index < -0.39 is 28.5 Å². The van der Waals surface area contributed by atoms with E-state index in [1.165, 1.54) is 4.90 Å². The number of hydrogen-bond acceptors (Lipinski definition) is 5. The maximum absolute atomic E-state index is 13.5. The van der Waals surface area contributed by atoms with E-state index in [9.17, 15) is 18.0 Å². The van der Waals surface area contributed by atoms with Crippen molar-refractivity contribution in [3.63, 3.8) is 0 Å². The van der Waals surface area contributed by atoms with Crippen LogP contribution in [-0.2, 0) is 26.2 Å². The first-order valence-electron chi connectivity index (χ1n) is 11.3. The van der Waals surface area contributed by atoms with Crippen LogP contribution in [0.4, 0.5) is 5.69 Å². The van der Waals surface area contributed by atoms with Crippen LogP contribution in [0.1, 0.15) is 44.7 Å². The second kappa shape index (κ2) is 11.9.